The van der Waals surface area contributed by atoms with Crippen LogP contribution in [0.3, 0.4) is 0 Å². The second-order valence-electron chi connectivity index (χ2n) is 7.73. The van der Waals surface area contributed by atoms with Gasteiger partial charge in [-0.05, 0) is 43.2 Å². The molecule has 2 aromatic rings. The van der Waals surface area contributed by atoms with Gasteiger partial charge in [-0.3, -0.25) is 15.1 Å². The van der Waals surface area contributed by atoms with E-state index in [2.05, 4.69) is 10.8 Å². The summed E-state index contributed by atoms with van der Waals surface area (Å²) >= 11 is 18.1. The number of halogens is 6. The van der Waals surface area contributed by atoms with Crippen LogP contribution in [-0.2, 0) is 15.2 Å². The molecule has 1 heterocycles. The standard InChI is InChI=1S/C22H15Cl3F3N3O2/c23-14-6-13(7-15(24)8-14)21(22(26,27)28)9-18(31-33-21)12-3-4-16(17(25)5-12)19(10-29)30-20(32)11-1-2-11/h3-9,11,19,31H,1-2H2,(H,30,32). The van der Waals surface area contributed by atoms with Gasteiger partial charge in [-0.2, -0.15) is 18.4 Å². The van der Waals surface area contributed by atoms with Crippen LogP contribution in [0.2, 0.25) is 15.1 Å². The maximum atomic E-state index is 14.1. The van der Waals surface area contributed by atoms with E-state index in [0.29, 0.717) is 5.56 Å². The largest absolute Gasteiger partial charge is 0.428 e. The molecule has 1 amide bonds. The van der Waals surface area contributed by atoms with Crippen molar-refractivity contribution in [3.8, 4) is 6.07 Å². The number of nitriles is 1. The molecule has 33 heavy (non-hydrogen) atoms. The van der Waals surface area contributed by atoms with Crippen LogP contribution < -0.4 is 10.8 Å². The van der Waals surface area contributed by atoms with Crippen molar-refractivity contribution in [2.45, 2.75) is 30.7 Å². The second-order valence-corrected chi connectivity index (χ2v) is 9.02. The third-order valence-electron chi connectivity index (χ3n) is 5.37. The smallest absolute Gasteiger partial charge is 0.336 e. The summed E-state index contributed by atoms with van der Waals surface area (Å²) in [6.07, 6.45) is -2.43. The van der Waals surface area contributed by atoms with Crippen LogP contribution in [0.1, 0.15) is 35.6 Å². The molecule has 1 saturated carbocycles. The highest BCUT2D eigenvalue weighted by Crippen LogP contribution is 2.48. The van der Waals surface area contributed by atoms with Crippen LogP contribution in [0.4, 0.5) is 13.2 Å². The third-order valence-corrected chi connectivity index (χ3v) is 6.13. The lowest BCUT2D eigenvalue weighted by Crippen LogP contribution is -2.42. The van der Waals surface area contributed by atoms with Gasteiger partial charge in [-0.25, -0.2) is 0 Å². The Morgan fingerprint density at radius 2 is 1.85 bits per heavy atom. The second kappa shape index (κ2) is 8.73. The van der Waals surface area contributed by atoms with Crippen molar-refractivity contribution in [3.63, 3.8) is 0 Å². The summed E-state index contributed by atoms with van der Waals surface area (Å²) in [5.74, 6) is -0.329. The number of hydrogen-bond donors (Lipinski definition) is 2. The van der Waals surface area contributed by atoms with E-state index in [1.807, 2.05) is 6.07 Å². The van der Waals surface area contributed by atoms with Gasteiger partial charge in [0, 0.05) is 37.7 Å². The summed E-state index contributed by atoms with van der Waals surface area (Å²) in [4.78, 5) is 17.1. The highest BCUT2D eigenvalue weighted by atomic mass is 35.5. The molecule has 5 nitrogen and oxygen atoms in total. The number of nitrogens with one attached hydrogen (secondary N) is 2. The lowest BCUT2D eigenvalue weighted by atomic mass is 9.91. The van der Waals surface area contributed by atoms with Gasteiger partial charge in [0.2, 0.25) is 11.5 Å². The maximum Gasteiger partial charge on any atom is 0.428 e. The minimum absolute atomic E-state index is 0.00685. The minimum atomic E-state index is -4.85. The first kappa shape index (κ1) is 23.7. The predicted molar refractivity (Wildman–Crippen MR) is 117 cm³/mol. The quantitative estimate of drug-likeness (QED) is 0.506. The molecule has 172 valence electrons. The minimum Gasteiger partial charge on any atom is -0.336 e. The number of alkyl halides is 3. The van der Waals surface area contributed by atoms with E-state index in [1.54, 1.807) is 0 Å². The van der Waals surface area contributed by atoms with Crippen molar-refractivity contribution in [1.82, 2.24) is 10.8 Å². The van der Waals surface area contributed by atoms with Gasteiger partial charge in [-0.1, -0.05) is 46.9 Å². The molecule has 11 heteroatoms. The van der Waals surface area contributed by atoms with Crippen molar-refractivity contribution in [1.29, 1.82) is 5.26 Å². The zero-order chi connectivity index (χ0) is 24.0. The summed E-state index contributed by atoms with van der Waals surface area (Å²) in [6, 6.07) is 8.91. The van der Waals surface area contributed by atoms with E-state index in [9.17, 15) is 23.2 Å². The highest BCUT2D eigenvalue weighted by molar-refractivity contribution is 6.34. The van der Waals surface area contributed by atoms with E-state index in [0.717, 1.165) is 31.1 Å². The van der Waals surface area contributed by atoms with Gasteiger partial charge < -0.3 is 5.32 Å². The molecule has 1 aliphatic heterocycles. The summed E-state index contributed by atoms with van der Waals surface area (Å²) in [5, 5.41) is 12.2. The van der Waals surface area contributed by atoms with E-state index in [-0.39, 0.29) is 43.7 Å². The van der Waals surface area contributed by atoms with Crippen molar-refractivity contribution in [2.24, 2.45) is 5.92 Å². The molecule has 0 radical (unpaired) electrons. The number of nitrogens with zero attached hydrogens (tertiary/aromatic N) is 1. The van der Waals surface area contributed by atoms with Gasteiger partial charge in [0.25, 0.3) is 0 Å². The number of benzene rings is 2. The highest BCUT2D eigenvalue weighted by Gasteiger charge is 2.59. The molecule has 2 N–H and O–H groups in total. The van der Waals surface area contributed by atoms with Gasteiger partial charge >= 0.3 is 6.18 Å². The first-order chi connectivity index (χ1) is 15.5. The fourth-order valence-corrected chi connectivity index (χ4v) is 4.28. The number of amides is 1. The number of hydroxylamine groups is 1. The Morgan fingerprint density at radius 3 is 2.39 bits per heavy atom. The van der Waals surface area contributed by atoms with Crippen molar-refractivity contribution >= 4 is 46.4 Å². The molecule has 2 unspecified atom stereocenters. The molecule has 2 aromatic carbocycles. The fraction of sp³-hybridized carbons (Fsp3) is 0.273. The molecular formula is C22H15Cl3F3N3O2. The Kier molecular flexibility index (Phi) is 6.27. The van der Waals surface area contributed by atoms with E-state index < -0.39 is 17.8 Å². The van der Waals surface area contributed by atoms with E-state index in [4.69, 9.17) is 39.6 Å². The normalized spacial score (nSPS) is 21.1. The van der Waals surface area contributed by atoms with Crippen molar-refractivity contribution < 1.29 is 22.8 Å². The molecule has 1 aliphatic carbocycles. The topological polar surface area (TPSA) is 74.2 Å². The van der Waals surface area contributed by atoms with Crippen LogP contribution >= 0.6 is 34.8 Å². The molecular weight excluding hydrogens is 502 g/mol. The average Bonchev–Trinajstić information content (AvgIpc) is 3.48. The van der Waals surface area contributed by atoms with Gasteiger partial charge in [-0.15, -0.1) is 0 Å². The monoisotopic (exact) mass is 515 g/mol. The molecule has 4 rings (SSSR count). The Labute approximate surface area is 202 Å². The Bertz CT molecular complexity index is 1170. The molecule has 2 aliphatic rings. The summed E-state index contributed by atoms with van der Waals surface area (Å²) in [6.45, 7) is 0. The third kappa shape index (κ3) is 4.64. The molecule has 0 spiro atoms. The van der Waals surface area contributed by atoms with Crippen LogP contribution in [0.15, 0.2) is 42.5 Å². The maximum absolute atomic E-state index is 14.1. The Hall–Kier alpha value is -2.44. The van der Waals surface area contributed by atoms with Crippen molar-refractivity contribution in [3.05, 3.63) is 74.2 Å². The van der Waals surface area contributed by atoms with Gasteiger partial charge in [0.1, 0.15) is 6.04 Å². The summed E-state index contributed by atoms with van der Waals surface area (Å²) in [5.41, 5.74) is -0.198. The number of rotatable bonds is 5. The van der Waals surface area contributed by atoms with Crippen LogP contribution in [-0.4, -0.2) is 12.1 Å². The molecule has 0 aromatic heterocycles. The molecule has 1 fully saturated rings. The van der Waals surface area contributed by atoms with Crippen LogP contribution in [0.25, 0.3) is 5.70 Å². The summed E-state index contributed by atoms with van der Waals surface area (Å²) in [7, 11) is 0. The molecule has 2 atom stereocenters. The van der Waals surface area contributed by atoms with Crippen LogP contribution in [0, 0.1) is 17.2 Å². The zero-order valence-electron chi connectivity index (χ0n) is 16.6. The zero-order valence-corrected chi connectivity index (χ0v) is 18.9. The van der Waals surface area contributed by atoms with Gasteiger partial charge in [0.15, 0.2) is 0 Å². The SMILES string of the molecule is N#CC(NC(=O)C1CC1)c1ccc(C2=CC(c3cc(Cl)cc(Cl)c3)(C(F)(F)F)ON2)cc1Cl. The fourth-order valence-electron chi connectivity index (χ4n) is 3.47. The lowest BCUT2D eigenvalue weighted by molar-refractivity contribution is -0.269. The number of carbonyl (C=O) groups is 1. The summed E-state index contributed by atoms with van der Waals surface area (Å²) < 4.78 is 42.4. The molecule has 0 bridgehead atoms. The van der Waals surface area contributed by atoms with Gasteiger partial charge in [0.05, 0.1) is 11.8 Å². The lowest BCUT2D eigenvalue weighted by Gasteiger charge is -2.28. The molecule has 0 saturated heterocycles. The van der Waals surface area contributed by atoms with E-state index >= 15 is 0 Å². The Morgan fingerprint density at radius 1 is 1.18 bits per heavy atom. The Balaban J connectivity index is 1.68. The van der Waals surface area contributed by atoms with E-state index in [1.165, 1.54) is 24.3 Å². The first-order valence-corrected chi connectivity index (χ1v) is 10.9. The number of hydrogen-bond acceptors (Lipinski definition) is 4. The van der Waals surface area contributed by atoms with Crippen molar-refractivity contribution in [2.75, 3.05) is 0 Å². The first-order valence-electron chi connectivity index (χ1n) is 9.74. The van der Waals surface area contributed by atoms with Crippen LogP contribution in [0.5, 0.6) is 0 Å². The average molecular weight is 517 g/mol. The number of carbonyl (C=O) groups excluding carboxylic acids is 1. The predicted octanol–water partition coefficient (Wildman–Crippen LogP) is 6.07.